The molecule has 16 heavy (non-hydrogen) atoms. The quantitative estimate of drug-likeness (QED) is 0.852. The molecule has 2 rings (SSSR count). The average Bonchev–Trinajstić information content (AvgIpc) is 2.54. The molecule has 2 nitrogen and oxygen atoms in total. The van der Waals surface area contributed by atoms with Crippen LogP contribution in [0.5, 0.6) is 0 Å². The molecule has 1 heterocycles. The van der Waals surface area contributed by atoms with E-state index in [9.17, 15) is 0 Å². The van der Waals surface area contributed by atoms with Crippen LogP contribution >= 0.6 is 11.6 Å². The van der Waals surface area contributed by atoms with Gasteiger partial charge in [-0.25, -0.2) is 0 Å². The summed E-state index contributed by atoms with van der Waals surface area (Å²) in [6.07, 6.45) is 1.20. The molecule has 0 bridgehead atoms. The predicted molar refractivity (Wildman–Crippen MR) is 70.3 cm³/mol. The van der Waals surface area contributed by atoms with Crippen molar-refractivity contribution in [3.8, 4) is 0 Å². The van der Waals surface area contributed by atoms with Crippen molar-refractivity contribution in [2.24, 2.45) is 0 Å². The van der Waals surface area contributed by atoms with Gasteiger partial charge >= 0.3 is 0 Å². The van der Waals surface area contributed by atoms with Gasteiger partial charge in [0, 0.05) is 29.3 Å². The minimum atomic E-state index is 0.539. The summed E-state index contributed by atoms with van der Waals surface area (Å²) in [4.78, 5) is 2.39. The number of rotatable bonds is 2. The summed E-state index contributed by atoms with van der Waals surface area (Å²) in [7, 11) is 2.18. The number of likely N-dealkylation sites (N-methyl/N-ethyl adjacent to an activating group) is 1. The van der Waals surface area contributed by atoms with Crippen LogP contribution in [0.3, 0.4) is 0 Å². The number of hydrogen-bond donors (Lipinski definition) is 1. The number of nitrogens with zero attached hydrogens (tertiary/aromatic N) is 1. The summed E-state index contributed by atoms with van der Waals surface area (Å²) in [5.74, 6) is 0. The molecule has 2 unspecified atom stereocenters. The van der Waals surface area contributed by atoms with E-state index < -0.39 is 0 Å². The second-order valence-corrected chi connectivity index (χ2v) is 5.19. The summed E-state index contributed by atoms with van der Waals surface area (Å²) in [6.45, 7) is 5.44. The maximum atomic E-state index is 6.11. The summed E-state index contributed by atoms with van der Waals surface area (Å²) < 4.78 is 0. The van der Waals surface area contributed by atoms with Crippen LogP contribution in [0.2, 0.25) is 5.02 Å². The molecule has 3 heteroatoms. The number of anilines is 1. The SMILES string of the molecule is Cc1c(Cl)cccc1NC1CC(C)N(C)C1. The van der Waals surface area contributed by atoms with Gasteiger partial charge in [-0.1, -0.05) is 17.7 Å². The Kier molecular flexibility index (Phi) is 3.41. The maximum Gasteiger partial charge on any atom is 0.0455 e. The summed E-state index contributed by atoms with van der Waals surface area (Å²) >= 11 is 6.11. The molecule has 1 saturated heterocycles. The van der Waals surface area contributed by atoms with E-state index in [0.717, 1.165) is 17.1 Å². The van der Waals surface area contributed by atoms with Gasteiger partial charge in [-0.05, 0) is 45.0 Å². The standard InChI is InChI=1S/C13H19ClN2/c1-9-7-11(8-16(9)3)15-13-6-4-5-12(14)10(13)2/h4-6,9,11,15H,7-8H2,1-3H3. The first-order valence-corrected chi connectivity index (χ1v) is 6.17. The smallest absolute Gasteiger partial charge is 0.0455 e. The van der Waals surface area contributed by atoms with Crippen molar-refractivity contribution in [3.63, 3.8) is 0 Å². The lowest BCUT2D eigenvalue weighted by Crippen LogP contribution is -2.25. The fraction of sp³-hybridized carbons (Fsp3) is 0.538. The first-order valence-electron chi connectivity index (χ1n) is 5.80. The second-order valence-electron chi connectivity index (χ2n) is 4.78. The van der Waals surface area contributed by atoms with Gasteiger partial charge in [0.15, 0.2) is 0 Å². The van der Waals surface area contributed by atoms with Gasteiger partial charge in [-0.3, -0.25) is 0 Å². The Morgan fingerprint density at radius 1 is 1.44 bits per heavy atom. The van der Waals surface area contributed by atoms with Crippen molar-refractivity contribution >= 4 is 17.3 Å². The predicted octanol–water partition coefficient (Wildman–Crippen LogP) is 3.15. The molecule has 1 N–H and O–H groups in total. The van der Waals surface area contributed by atoms with Crippen LogP contribution in [0.15, 0.2) is 18.2 Å². The zero-order chi connectivity index (χ0) is 11.7. The second kappa shape index (κ2) is 4.64. The fourth-order valence-electron chi connectivity index (χ4n) is 2.28. The Labute approximate surface area is 103 Å². The van der Waals surface area contributed by atoms with Crippen LogP contribution in [0.25, 0.3) is 0 Å². The van der Waals surface area contributed by atoms with E-state index in [1.807, 2.05) is 12.1 Å². The zero-order valence-electron chi connectivity index (χ0n) is 10.1. The highest BCUT2D eigenvalue weighted by molar-refractivity contribution is 6.31. The fourth-order valence-corrected chi connectivity index (χ4v) is 2.46. The van der Waals surface area contributed by atoms with Crippen LogP contribution in [-0.4, -0.2) is 30.6 Å². The van der Waals surface area contributed by atoms with Crippen molar-refractivity contribution in [1.82, 2.24) is 4.90 Å². The Morgan fingerprint density at radius 2 is 2.19 bits per heavy atom. The van der Waals surface area contributed by atoms with Crippen molar-refractivity contribution in [3.05, 3.63) is 28.8 Å². The lowest BCUT2D eigenvalue weighted by molar-refractivity contribution is 0.330. The van der Waals surface area contributed by atoms with Gasteiger partial charge < -0.3 is 10.2 Å². The summed E-state index contributed by atoms with van der Waals surface area (Å²) in [5.41, 5.74) is 2.31. The van der Waals surface area contributed by atoms with Crippen molar-refractivity contribution in [1.29, 1.82) is 0 Å². The normalized spacial score (nSPS) is 26.0. The Morgan fingerprint density at radius 3 is 2.81 bits per heavy atom. The van der Waals surface area contributed by atoms with E-state index in [4.69, 9.17) is 11.6 Å². The van der Waals surface area contributed by atoms with Gasteiger partial charge in [-0.15, -0.1) is 0 Å². The Balaban J connectivity index is 2.08. The van der Waals surface area contributed by atoms with E-state index in [1.54, 1.807) is 0 Å². The van der Waals surface area contributed by atoms with E-state index in [-0.39, 0.29) is 0 Å². The number of benzene rings is 1. The molecule has 0 amide bonds. The molecule has 1 fully saturated rings. The maximum absolute atomic E-state index is 6.11. The molecule has 0 radical (unpaired) electrons. The van der Waals surface area contributed by atoms with Gasteiger partial charge in [0.25, 0.3) is 0 Å². The van der Waals surface area contributed by atoms with E-state index in [0.29, 0.717) is 12.1 Å². The van der Waals surface area contributed by atoms with Gasteiger partial charge in [0.1, 0.15) is 0 Å². The molecule has 0 aliphatic carbocycles. The molecule has 0 saturated carbocycles. The molecule has 2 atom stereocenters. The third-order valence-corrected chi connectivity index (χ3v) is 3.92. The van der Waals surface area contributed by atoms with E-state index in [2.05, 4.69) is 37.2 Å². The molecule has 1 aromatic rings. The Hall–Kier alpha value is -0.730. The average molecular weight is 239 g/mol. The lowest BCUT2D eigenvalue weighted by Gasteiger charge is -2.16. The Bertz CT molecular complexity index is 368. The first-order chi connectivity index (χ1) is 7.58. The minimum absolute atomic E-state index is 0.539. The highest BCUT2D eigenvalue weighted by atomic mass is 35.5. The lowest BCUT2D eigenvalue weighted by atomic mass is 10.1. The van der Waals surface area contributed by atoms with Crippen LogP contribution in [-0.2, 0) is 0 Å². The molecule has 88 valence electrons. The van der Waals surface area contributed by atoms with Crippen LogP contribution < -0.4 is 5.32 Å². The largest absolute Gasteiger partial charge is 0.381 e. The number of hydrogen-bond acceptors (Lipinski definition) is 2. The molecular formula is C13H19ClN2. The van der Waals surface area contributed by atoms with Crippen molar-refractivity contribution in [2.75, 3.05) is 18.9 Å². The van der Waals surface area contributed by atoms with E-state index in [1.165, 1.54) is 12.1 Å². The third kappa shape index (κ3) is 2.33. The van der Waals surface area contributed by atoms with E-state index >= 15 is 0 Å². The molecule has 1 aromatic carbocycles. The highest BCUT2D eigenvalue weighted by Crippen LogP contribution is 2.26. The van der Waals surface area contributed by atoms with Gasteiger partial charge in [0.05, 0.1) is 0 Å². The minimum Gasteiger partial charge on any atom is -0.381 e. The third-order valence-electron chi connectivity index (χ3n) is 3.51. The number of likely N-dealkylation sites (tertiary alicyclic amines) is 1. The highest BCUT2D eigenvalue weighted by Gasteiger charge is 2.26. The van der Waals surface area contributed by atoms with Crippen LogP contribution in [0.4, 0.5) is 5.69 Å². The molecule has 0 aromatic heterocycles. The van der Waals surface area contributed by atoms with Crippen LogP contribution in [0, 0.1) is 6.92 Å². The topological polar surface area (TPSA) is 15.3 Å². The van der Waals surface area contributed by atoms with Crippen molar-refractivity contribution < 1.29 is 0 Å². The first kappa shape index (κ1) is 11.7. The zero-order valence-corrected chi connectivity index (χ0v) is 10.9. The molecule has 1 aliphatic rings. The number of nitrogens with one attached hydrogen (secondary N) is 1. The van der Waals surface area contributed by atoms with Gasteiger partial charge in [-0.2, -0.15) is 0 Å². The summed E-state index contributed by atoms with van der Waals surface area (Å²) in [6, 6.07) is 7.24. The van der Waals surface area contributed by atoms with Gasteiger partial charge in [0.2, 0.25) is 0 Å². The molecular weight excluding hydrogens is 220 g/mol. The van der Waals surface area contributed by atoms with Crippen LogP contribution in [0.1, 0.15) is 18.9 Å². The summed E-state index contributed by atoms with van der Waals surface area (Å²) in [5, 5.41) is 4.42. The number of halogens is 1. The molecule has 1 aliphatic heterocycles. The van der Waals surface area contributed by atoms with Crippen molar-refractivity contribution in [2.45, 2.75) is 32.4 Å². The molecule has 0 spiro atoms. The monoisotopic (exact) mass is 238 g/mol.